The number of amides is 3. The number of rotatable bonds is 5. The highest BCUT2D eigenvalue weighted by molar-refractivity contribution is 5.97. The maximum absolute atomic E-state index is 12.9. The molecule has 0 aliphatic rings. The number of urea groups is 1. The SMILES string of the molecule is Cc1ccc(-n2nc(C(C)(C)C)cc2NC(=O)CN(C)C(=O)Nc2c(C)cccc2C)c(C)c1. The Morgan fingerprint density at radius 2 is 1.59 bits per heavy atom. The fourth-order valence-electron chi connectivity index (χ4n) is 3.75. The number of anilines is 2. The van der Waals surface area contributed by atoms with E-state index in [-0.39, 0.29) is 23.9 Å². The van der Waals surface area contributed by atoms with Crippen LogP contribution in [-0.2, 0) is 10.2 Å². The van der Waals surface area contributed by atoms with Crippen LogP contribution in [0.15, 0.2) is 42.5 Å². The Morgan fingerprint density at radius 1 is 0.941 bits per heavy atom. The molecule has 7 heteroatoms. The molecule has 0 unspecified atom stereocenters. The third-order valence-electron chi connectivity index (χ3n) is 5.77. The maximum Gasteiger partial charge on any atom is 0.322 e. The lowest BCUT2D eigenvalue weighted by molar-refractivity contribution is -0.116. The van der Waals surface area contributed by atoms with Crippen LogP contribution < -0.4 is 10.6 Å². The largest absolute Gasteiger partial charge is 0.322 e. The minimum absolute atomic E-state index is 0.0975. The van der Waals surface area contributed by atoms with Gasteiger partial charge in [0, 0.05) is 24.2 Å². The molecule has 3 rings (SSSR count). The van der Waals surface area contributed by atoms with E-state index in [1.54, 1.807) is 11.7 Å². The van der Waals surface area contributed by atoms with Crippen LogP contribution in [0.2, 0.25) is 0 Å². The average molecular weight is 462 g/mol. The molecule has 0 bridgehead atoms. The van der Waals surface area contributed by atoms with Crippen LogP contribution in [0.5, 0.6) is 0 Å². The number of para-hydroxylation sites is 1. The van der Waals surface area contributed by atoms with E-state index < -0.39 is 0 Å². The highest BCUT2D eigenvalue weighted by Crippen LogP contribution is 2.28. The molecule has 2 aromatic carbocycles. The lowest BCUT2D eigenvalue weighted by Crippen LogP contribution is -2.38. The first kappa shape index (κ1) is 25.0. The van der Waals surface area contributed by atoms with E-state index in [0.717, 1.165) is 39.3 Å². The van der Waals surface area contributed by atoms with Gasteiger partial charge in [-0.05, 0) is 50.5 Å². The number of hydrogen-bond donors (Lipinski definition) is 2. The number of benzene rings is 2. The number of aromatic nitrogens is 2. The minimum Gasteiger partial charge on any atom is -0.318 e. The van der Waals surface area contributed by atoms with Gasteiger partial charge >= 0.3 is 6.03 Å². The molecule has 0 aliphatic heterocycles. The van der Waals surface area contributed by atoms with Crippen molar-refractivity contribution in [1.29, 1.82) is 0 Å². The predicted molar refractivity (Wildman–Crippen MR) is 138 cm³/mol. The van der Waals surface area contributed by atoms with Gasteiger partial charge in [-0.2, -0.15) is 5.10 Å². The molecule has 0 saturated carbocycles. The summed E-state index contributed by atoms with van der Waals surface area (Å²) in [5.41, 5.74) is 6.50. The predicted octanol–water partition coefficient (Wildman–Crippen LogP) is 5.51. The van der Waals surface area contributed by atoms with Crippen molar-refractivity contribution in [2.45, 2.75) is 53.9 Å². The van der Waals surface area contributed by atoms with Crippen molar-refractivity contribution < 1.29 is 9.59 Å². The molecule has 1 aromatic heterocycles. The molecule has 0 radical (unpaired) electrons. The lowest BCUT2D eigenvalue weighted by atomic mass is 9.92. The van der Waals surface area contributed by atoms with Gasteiger partial charge in [0.15, 0.2) is 0 Å². The Balaban J connectivity index is 1.79. The van der Waals surface area contributed by atoms with Gasteiger partial charge in [-0.15, -0.1) is 0 Å². The van der Waals surface area contributed by atoms with Gasteiger partial charge in [0.05, 0.1) is 11.4 Å². The number of carbonyl (C=O) groups excluding carboxylic acids is 2. The summed E-state index contributed by atoms with van der Waals surface area (Å²) in [6, 6.07) is 13.5. The second-order valence-electron chi connectivity index (χ2n) is 9.97. The highest BCUT2D eigenvalue weighted by Gasteiger charge is 2.23. The monoisotopic (exact) mass is 461 g/mol. The Labute approximate surface area is 202 Å². The van der Waals surface area contributed by atoms with Crippen LogP contribution in [0.3, 0.4) is 0 Å². The number of likely N-dealkylation sites (N-methyl/N-ethyl adjacent to an activating group) is 1. The van der Waals surface area contributed by atoms with Gasteiger partial charge in [0.2, 0.25) is 5.91 Å². The number of nitrogens with one attached hydrogen (secondary N) is 2. The molecule has 0 saturated heterocycles. The number of carbonyl (C=O) groups is 2. The quantitative estimate of drug-likeness (QED) is 0.526. The second kappa shape index (κ2) is 9.71. The average Bonchev–Trinajstić information content (AvgIpc) is 3.14. The molecule has 0 atom stereocenters. The Bertz CT molecular complexity index is 1200. The molecular formula is C27H35N5O2. The van der Waals surface area contributed by atoms with E-state index in [4.69, 9.17) is 5.10 Å². The molecule has 180 valence electrons. The van der Waals surface area contributed by atoms with Gasteiger partial charge in [-0.1, -0.05) is 56.7 Å². The van der Waals surface area contributed by atoms with Gasteiger partial charge in [-0.3, -0.25) is 4.79 Å². The van der Waals surface area contributed by atoms with Crippen LogP contribution >= 0.6 is 0 Å². The van der Waals surface area contributed by atoms with Gasteiger partial charge in [-0.25, -0.2) is 9.48 Å². The van der Waals surface area contributed by atoms with Crippen molar-refractivity contribution in [2.24, 2.45) is 0 Å². The molecule has 1 heterocycles. The minimum atomic E-state index is -0.342. The zero-order chi connectivity index (χ0) is 25.2. The first-order chi connectivity index (χ1) is 15.9. The Kier molecular flexibility index (Phi) is 7.15. The summed E-state index contributed by atoms with van der Waals surface area (Å²) in [6.07, 6.45) is 0. The third-order valence-corrected chi connectivity index (χ3v) is 5.77. The zero-order valence-electron chi connectivity index (χ0n) is 21.4. The van der Waals surface area contributed by atoms with Crippen LogP contribution in [0.4, 0.5) is 16.3 Å². The molecule has 0 aliphatic carbocycles. The van der Waals surface area contributed by atoms with E-state index in [1.807, 2.05) is 64.1 Å². The van der Waals surface area contributed by atoms with Crippen molar-refractivity contribution in [1.82, 2.24) is 14.7 Å². The van der Waals surface area contributed by atoms with Crippen molar-refractivity contribution in [3.63, 3.8) is 0 Å². The van der Waals surface area contributed by atoms with E-state index >= 15 is 0 Å². The van der Waals surface area contributed by atoms with Crippen molar-refractivity contribution in [2.75, 3.05) is 24.2 Å². The standard InChI is InChI=1S/C27H35N5O2/c1-17-12-13-21(20(4)14-17)32-23(15-22(30-32)27(5,6)7)28-24(33)16-31(8)26(34)29-25-18(2)10-9-11-19(25)3/h9-15H,16H2,1-8H3,(H,28,33)(H,29,34). The first-order valence-corrected chi connectivity index (χ1v) is 11.4. The van der Waals surface area contributed by atoms with Gasteiger partial charge in [0.25, 0.3) is 0 Å². The summed E-state index contributed by atoms with van der Waals surface area (Å²) in [4.78, 5) is 27.0. The Hall–Kier alpha value is -3.61. The van der Waals surface area contributed by atoms with Crippen LogP contribution in [0, 0.1) is 27.7 Å². The summed E-state index contributed by atoms with van der Waals surface area (Å²) >= 11 is 0. The van der Waals surface area contributed by atoms with Gasteiger partial charge in [0.1, 0.15) is 12.4 Å². The van der Waals surface area contributed by atoms with E-state index in [2.05, 4.69) is 37.5 Å². The molecular weight excluding hydrogens is 426 g/mol. The van der Waals surface area contributed by atoms with E-state index in [9.17, 15) is 9.59 Å². The summed E-state index contributed by atoms with van der Waals surface area (Å²) in [7, 11) is 1.60. The number of aryl methyl sites for hydroxylation is 4. The van der Waals surface area contributed by atoms with Crippen LogP contribution in [0.25, 0.3) is 5.69 Å². The van der Waals surface area contributed by atoms with E-state index in [1.165, 1.54) is 4.90 Å². The normalized spacial score (nSPS) is 11.3. The van der Waals surface area contributed by atoms with Crippen LogP contribution in [0.1, 0.15) is 48.7 Å². The lowest BCUT2D eigenvalue weighted by Gasteiger charge is -2.19. The fraction of sp³-hybridized carbons (Fsp3) is 0.370. The molecule has 2 N–H and O–H groups in total. The maximum atomic E-state index is 12.9. The zero-order valence-corrected chi connectivity index (χ0v) is 21.4. The molecule has 0 spiro atoms. The first-order valence-electron chi connectivity index (χ1n) is 11.4. The number of hydrogen-bond acceptors (Lipinski definition) is 3. The van der Waals surface area contributed by atoms with Crippen molar-refractivity contribution in [3.8, 4) is 5.69 Å². The molecule has 0 fully saturated rings. The summed E-state index contributed by atoms with van der Waals surface area (Å²) in [6.45, 7) is 14.1. The summed E-state index contributed by atoms with van der Waals surface area (Å²) in [5.74, 6) is 0.274. The third kappa shape index (κ3) is 5.65. The van der Waals surface area contributed by atoms with Crippen LogP contribution in [-0.4, -0.2) is 40.2 Å². The topological polar surface area (TPSA) is 79.3 Å². The van der Waals surface area contributed by atoms with E-state index in [0.29, 0.717) is 5.82 Å². The van der Waals surface area contributed by atoms with Crippen molar-refractivity contribution >= 4 is 23.4 Å². The second-order valence-corrected chi connectivity index (χ2v) is 9.97. The summed E-state index contributed by atoms with van der Waals surface area (Å²) in [5, 5.41) is 10.7. The fourth-order valence-corrected chi connectivity index (χ4v) is 3.75. The molecule has 34 heavy (non-hydrogen) atoms. The Morgan fingerprint density at radius 3 is 2.18 bits per heavy atom. The molecule has 3 amide bonds. The smallest absolute Gasteiger partial charge is 0.318 e. The van der Waals surface area contributed by atoms with Crippen molar-refractivity contribution in [3.05, 3.63) is 70.4 Å². The summed E-state index contributed by atoms with van der Waals surface area (Å²) < 4.78 is 1.77. The molecule has 7 nitrogen and oxygen atoms in total. The van der Waals surface area contributed by atoms with Gasteiger partial charge < -0.3 is 15.5 Å². The molecule has 3 aromatic rings. The highest BCUT2D eigenvalue weighted by atomic mass is 16.2. The number of nitrogens with zero attached hydrogens (tertiary/aromatic N) is 3.